The van der Waals surface area contributed by atoms with Crippen molar-refractivity contribution in [2.24, 2.45) is 5.41 Å². The summed E-state index contributed by atoms with van der Waals surface area (Å²) in [4.78, 5) is 37.6. The molecule has 0 aliphatic carbocycles. The molecule has 5 heteroatoms. The number of rotatable bonds is 4. The summed E-state index contributed by atoms with van der Waals surface area (Å²) in [5.41, 5.74) is 1.89. The Morgan fingerprint density at radius 2 is 1.84 bits per heavy atom. The summed E-state index contributed by atoms with van der Waals surface area (Å²) in [5, 5.41) is 2.34. The van der Waals surface area contributed by atoms with Gasteiger partial charge < -0.3 is 4.90 Å². The van der Waals surface area contributed by atoms with Crippen molar-refractivity contribution in [1.29, 1.82) is 0 Å². The molecule has 2 aliphatic heterocycles. The molecule has 25 heavy (non-hydrogen) atoms. The molecule has 0 bridgehead atoms. The van der Waals surface area contributed by atoms with E-state index in [0.717, 1.165) is 25.9 Å². The highest BCUT2D eigenvalue weighted by Crippen LogP contribution is 2.33. The van der Waals surface area contributed by atoms with Crippen LogP contribution in [0.2, 0.25) is 0 Å². The molecule has 5 nitrogen and oxygen atoms in total. The van der Waals surface area contributed by atoms with Crippen LogP contribution < -0.4 is 5.32 Å². The lowest BCUT2D eigenvalue weighted by molar-refractivity contribution is -0.133. The van der Waals surface area contributed by atoms with E-state index in [4.69, 9.17) is 0 Å². The van der Waals surface area contributed by atoms with E-state index in [2.05, 4.69) is 36.5 Å². The van der Waals surface area contributed by atoms with Crippen LogP contribution in [-0.4, -0.2) is 35.7 Å². The lowest BCUT2D eigenvalue weighted by Gasteiger charge is -2.33. The van der Waals surface area contributed by atoms with Crippen molar-refractivity contribution in [2.75, 3.05) is 13.1 Å². The fourth-order valence-electron chi connectivity index (χ4n) is 3.80. The zero-order valence-electron chi connectivity index (χ0n) is 15.0. The van der Waals surface area contributed by atoms with E-state index in [1.54, 1.807) is 6.92 Å². The third-order valence-corrected chi connectivity index (χ3v) is 5.64. The van der Waals surface area contributed by atoms with E-state index >= 15 is 0 Å². The number of benzene rings is 1. The molecule has 1 aromatic rings. The molecule has 3 amide bonds. The molecule has 1 unspecified atom stereocenters. The van der Waals surface area contributed by atoms with Gasteiger partial charge in [-0.25, -0.2) is 0 Å². The van der Waals surface area contributed by atoms with E-state index in [0.29, 0.717) is 18.8 Å². The predicted molar refractivity (Wildman–Crippen MR) is 94.8 cm³/mol. The first-order valence-corrected chi connectivity index (χ1v) is 9.06. The Bertz CT molecular complexity index is 675. The van der Waals surface area contributed by atoms with Crippen molar-refractivity contribution < 1.29 is 14.4 Å². The van der Waals surface area contributed by atoms with Crippen LogP contribution in [0.1, 0.15) is 56.1 Å². The van der Waals surface area contributed by atoms with Gasteiger partial charge in [-0.1, -0.05) is 36.8 Å². The quantitative estimate of drug-likeness (QED) is 0.855. The minimum absolute atomic E-state index is 0.0933. The summed E-state index contributed by atoms with van der Waals surface area (Å²) in [6, 6.07) is 8.66. The molecule has 0 spiro atoms. The first-order chi connectivity index (χ1) is 11.9. The van der Waals surface area contributed by atoms with E-state index in [1.165, 1.54) is 11.1 Å². The van der Waals surface area contributed by atoms with Gasteiger partial charge in [0.15, 0.2) is 0 Å². The molecule has 0 aromatic heterocycles. The summed E-state index contributed by atoms with van der Waals surface area (Å²) < 4.78 is 0. The molecule has 1 atom stereocenters. The number of piperidine rings is 1. The molecule has 134 valence electrons. The summed E-state index contributed by atoms with van der Waals surface area (Å²) in [7, 11) is 0. The number of hydrogen-bond donors (Lipinski definition) is 1. The van der Waals surface area contributed by atoms with Crippen molar-refractivity contribution in [3.05, 3.63) is 35.4 Å². The van der Waals surface area contributed by atoms with Crippen molar-refractivity contribution in [2.45, 2.75) is 51.9 Å². The molecule has 0 radical (unpaired) electrons. The number of amides is 3. The van der Waals surface area contributed by atoms with Crippen LogP contribution in [0.15, 0.2) is 24.3 Å². The maximum atomic E-state index is 12.5. The molecule has 2 fully saturated rings. The van der Waals surface area contributed by atoms with Crippen LogP contribution in [-0.2, 0) is 14.4 Å². The van der Waals surface area contributed by atoms with Crippen molar-refractivity contribution in [3.8, 4) is 0 Å². The highest BCUT2D eigenvalue weighted by molar-refractivity contribution is 6.05. The Labute approximate surface area is 148 Å². The topological polar surface area (TPSA) is 66.5 Å². The average molecular weight is 342 g/mol. The number of carbonyl (C=O) groups excluding carboxylic acids is 3. The van der Waals surface area contributed by atoms with Gasteiger partial charge in [0.2, 0.25) is 17.7 Å². The molecule has 1 aromatic carbocycles. The summed E-state index contributed by atoms with van der Waals surface area (Å²) in [6.07, 6.45) is 2.90. The van der Waals surface area contributed by atoms with E-state index in [1.807, 2.05) is 4.90 Å². The Morgan fingerprint density at radius 3 is 2.40 bits per heavy atom. The molecule has 0 saturated carbocycles. The zero-order valence-corrected chi connectivity index (χ0v) is 15.0. The van der Waals surface area contributed by atoms with Gasteiger partial charge in [-0.05, 0) is 37.7 Å². The lowest BCUT2D eigenvalue weighted by Crippen LogP contribution is -2.39. The number of carbonyl (C=O) groups is 3. The standard InChI is InChI=1S/C20H26N2O3/c1-14-3-5-15(6-4-14)16-8-11-22(12-9-16)18(24)7-10-20(2)13-17(23)21-19(20)25/h3-6,16H,7-13H2,1-2H3,(H,21,23,25). The Morgan fingerprint density at radius 1 is 1.20 bits per heavy atom. The van der Waals surface area contributed by atoms with Gasteiger partial charge >= 0.3 is 0 Å². The van der Waals surface area contributed by atoms with Gasteiger partial charge in [-0.2, -0.15) is 0 Å². The van der Waals surface area contributed by atoms with E-state index in [9.17, 15) is 14.4 Å². The van der Waals surface area contributed by atoms with Crippen molar-refractivity contribution in [1.82, 2.24) is 10.2 Å². The van der Waals surface area contributed by atoms with Crippen molar-refractivity contribution >= 4 is 17.7 Å². The van der Waals surface area contributed by atoms with Crippen LogP contribution in [0.3, 0.4) is 0 Å². The average Bonchev–Trinajstić information content (AvgIpc) is 2.86. The minimum atomic E-state index is -0.729. The molecule has 2 aliphatic rings. The maximum Gasteiger partial charge on any atom is 0.233 e. The number of likely N-dealkylation sites (tertiary alicyclic amines) is 1. The third-order valence-electron chi connectivity index (χ3n) is 5.64. The second-order valence-electron chi connectivity index (χ2n) is 7.68. The van der Waals surface area contributed by atoms with Gasteiger partial charge in [0.05, 0.1) is 5.41 Å². The van der Waals surface area contributed by atoms with Crippen LogP contribution >= 0.6 is 0 Å². The SMILES string of the molecule is Cc1ccc(C2CCN(C(=O)CCC3(C)CC(=O)NC3=O)CC2)cc1. The molecule has 2 heterocycles. The van der Waals surface area contributed by atoms with Crippen LogP contribution in [0.4, 0.5) is 0 Å². The van der Waals surface area contributed by atoms with Crippen LogP contribution in [0.5, 0.6) is 0 Å². The van der Waals surface area contributed by atoms with Crippen molar-refractivity contribution in [3.63, 3.8) is 0 Å². The number of aryl methyl sites for hydroxylation is 1. The molecular weight excluding hydrogens is 316 g/mol. The molecule has 3 rings (SSSR count). The number of hydrogen-bond acceptors (Lipinski definition) is 3. The second kappa shape index (κ2) is 6.98. The molecule has 2 saturated heterocycles. The number of nitrogens with one attached hydrogen (secondary N) is 1. The van der Waals surface area contributed by atoms with Crippen LogP contribution in [0.25, 0.3) is 0 Å². The fourth-order valence-corrected chi connectivity index (χ4v) is 3.80. The lowest BCUT2D eigenvalue weighted by atomic mass is 9.83. The highest BCUT2D eigenvalue weighted by atomic mass is 16.2. The Hall–Kier alpha value is -2.17. The second-order valence-corrected chi connectivity index (χ2v) is 7.68. The predicted octanol–water partition coefficient (Wildman–Crippen LogP) is 2.53. The number of nitrogens with zero attached hydrogens (tertiary/aromatic N) is 1. The van der Waals surface area contributed by atoms with E-state index in [-0.39, 0.29) is 24.1 Å². The normalized spacial score (nSPS) is 24.5. The summed E-state index contributed by atoms with van der Waals surface area (Å²) in [5.74, 6) is 0.123. The first kappa shape index (κ1) is 17.6. The number of imide groups is 1. The van der Waals surface area contributed by atoms with E-state index < -0.39 is 5.41 Å². The smallest absolute Gasteiger partial charge is 0.233 e. The molecule has 1 N–H and O–H groups in total. The largest absolute Gasteiger partial charge is 0.343 e. The van der Waals surface area contributed by atoms with Gasteiger partial charge in [-0.3, -0.25) is 19.7 Å². The van der Waals surface area contributed by atoms with Crippen LogP contribution in [0, 0.1) is 12.3 Å². The fraction of sp³-hybridized carbons (Fsp3) is 0.550. The highest BCUT2D eigenvalue weighted by Gasteiger charge is 2.42. The van der Waals surface area contributed by atoms with Gasteiger partial charge in [-0.15, -0.1) is 0 Å². The Balaban J connectivity index is 1.49. The maximum absolute atomic E-state index is 12.5. The minimum Gasteiger partial charge on any atom is -0.343 e. The van der Waals surface area contributed by atoms with Gasteiger partial charge in [0.1, 0.15) is 0 Å². The molecular formula is C20H26N2O3. The van der Waals surface area contributed by atoms with Gasteiger partial charge in [0, 0.05) is 25.9 Å². The first-order valence-electron chi connectivity index (χ1n) is 9.06. The Kier molecular flexibility index (Phi) is 4.93. The summed E-state index contributed by atoms with van der Waals surface area (Å²) in [6.45, 7) is 5.38. The summed E-state index contributed by atoms with van der Waals surface area (Å²) >= 11 is 0. The third kappa shape index (κ3) is 3.91. The monoisotopic (exact) mass is 342 g/mol. The van der Waals surface area contributed by atoms with Gasteiger partial charge in [0.25, 0.3) is 0 Å². The zero-order chi connectivity index (χ0) is 18.0.